The Kier molecular flexibility index (Phi) is 9.26. The van der Waals surface area contributed by atoms with Crippen LogP contribution in [0.4, 0.5) is 0 Å². The number of halogens is 1. The first-order valence-corrected chi connectivity index (χ1v) is 10.5. The minimum absolute atomic E-state index is 0.847. The van der Waals surface area contributed by atoms with Crippen LogP contribution in [0.5, 0.6) is 0 Å². The summed E-state index contributed by atoms with van der Waals surface area (Å²) in [5.41, 5.74) is 0. The molecule has 1 nitrogen and oxygen atoms in total. The second-order valence-corrected chi connectivity index (χ2v) is 7.55. The van der Waals surface area contributed by atoms with Gasteiger partial charge in [0.25, 0.3) is 0 Å². The molecule has 4 heteroatoms. The van der Waals surface area contributed by atoms with E-state index in [-0.39, 0.29) is 0 Å². The summed E-state index contributed by atoms with van der Waals surface area (Å²) < 4.78 is 5.49. The first kappa shape index (κ1) is 13.7. The predicted molar refractivity (Wildman–Crippen MR) is 44.9 cm³/mol. The zero-order chi connectivity index (χ0) is 8.78. The van der Waals surface area contributed by atoms with Gasteiger partial charge >= 0.3 is 27.0 Å². The SMILES string of the molecule is C[C-](C)O[Si](C)(C)C.[Cl][Zn+]. The first-order chi connectivity index (χ1) is 4.42. The molecule has 0 aromatic carbocycles. The Hall–Kier alpha value is 1.09. The molecule has 0 aliphatic carbocycles. The van der Waals surface area contributed by atoms with Gasteiger partial charge in [0.15, 0.2) is 0 Å². The van der Waals surface area contributed by atoms with E-state index in [9.17, 15) is 0 Å². The second kappa shape index (κ2) is 6.78. The van der Waals surface area contributed by atoms with Gasteiger partial charge in [0.2, 0.25) is 0 Å². The fourth-order valence-electron chi connectivity index (χ4n) is 0.612. The maximum absolute atomic E-state index is 5.49. The summed E-state index contributed by atoms with van der Waals surface area (Å²) in [6, 6.07) is 0. The average molecular weight is 232 g/mol. The Balaban J connectivity index is 0. The molecular weight excluding hydrogens is 217 g/mol. The second-order valence-electron chi connectivity index (χ2n) is 3.12. The molecule has 58 valence electrons. The van der Waals surface area contributed by atoms with Gasteiger partial charge in [-0.05, 0) is 19.6 Å². The van der Waals surface area contributed by atoms with Crippen molar-refractivity contribution in [1.82, 2.24) is 0 Å². The topological polar surface area (TPSA) is 9.23 Å². The summed E-state index contributed by atoms with van der Waals surface area (Å²) in [6.45, 7) is 10.5. The Morgan fingerprint density at radius 1 is 1.20 bits per heavy atom. The van der Waals surface area contributed by atoms with Gasteiger partial charge in [-0.2, -0.15) is 13.8 Å². The average Bonchev–Trinajstić information content (AvgIpc) is 1.64. The fraction of sp³-hybridized carbons (Fsp3) is 0.833. The molecule has 0 aliphatic heterocycles. The summed E-state index contributed by atoms with van der Waals surface area (Å²) in [7, 11) is 3.51. The van der Waals surface area contributed by atoms with Gasteiger partial charge in [-0.3, -0.25) is 0 Å². The molecule has 0 rings (SSSR count). The molecule has 0 heterocycles. The molecule has 10 heavy (non-hydrogen) atoms. The van der Waals surface area contributed by atoms with Crippen LogP contribution in [-0.2, 0) is 21.7 Å². The van der Waals surface area contributed by atoms with E-state index in [0.717, 1.165) is 23.4 Å². The van der Waals surface area contributed by atoms with E-state index in [1.54, 1.807) is 0 Å². The predicted octanol–water partition coefficient (Wildman–Crippen LogP) is 3.10. The molecule has 0 aromatic heterocycles. The third-order valence-electron chi connectivity index (χ3n) is 0.510. The van der Waals surface area contributed by atoms with Gasteiger partial charge in [0, 0.05) is 0 Å². The van der Waals surface area contributed by atoms with Crippen molar-refractivity contribution in [2.24, 2.45) is 0 Å². The molecule has 0 aromatic rings. The van der Waals surface area contributed by atoms with Crippen LogP contribution in [0, 0.1) is 6.10 Å². The Bertz CT molecular complexity index is 72.6. The van der Waals surface area contributed by atoms with Crippen LogP contribution < -0.4 is 0 Å². The molecule has 0 aliphatic rings. The fourth-order valence-corrected chi connectivity index (χ4v) is 1.84. The summed E-state index contributed by atoms with van der Waals surface area (Å²) in [6.07, 6.45) is 1.09. The van der Waals surface area contributed by atoms with Gasteiger partial charge in [0.05, 0.1) is 0 Å². The summed E-state index contributed by atoms with van der Waals surface area (Å²) in [5.74, 6) is 0. The van der Waals surface area contributed by atoms with E-state index in [1.807, 2.05) is 13.8 Å². The normalized spacial score (nSPS) is 10.9. The van der Waals surface area contributed by atoms with Crippen LogP contribution >= 0.6 is 9.69 Å². The first-order valence-electron chi connectivity index (χ1n) is 3.18. The van der Waals surface area contributed by atoms with Crippen LogP contribution in [-0.4, -0.2) is 8.32 Å². The van der Waals surface area contributed by atoms with E-state index in [2.05, 4.69) is 19.6 Å². The molecule has 0 fully saturated rings. The van der Waals surface area contributed by atoms with Crippen LogP contribution in [0.25, 0.3) is 0 Å². The molecule has 0 amide bonds. The van der Waals surface area contributed by atoms with Crippen molar-refractivity contribution in [2.75, 3.05) is 0 Å². The summed E-state index contributed by atoms with van der Waals surface area (Å²) in [4.78, 5) is 0. The van der Waals surface area contributed by atoms with E-state index < -0.39 is 8.32 Å². The van der Waals surface area contributed by atoms with Crippen LogP contribution in [0.3, 0.4) is 0 Å². The van der Waals surface area contributed by atoms with Crippen molar-refractivity contribution in [2.45, 2.75) is 33.5 Å². The summed E-state index contributed by atoms with van der Waals surface area (Å²) in [5, 5.41) is 0. The van der Waals surface area contributed by atoms with Crippen molar-refractivity contribution in [3.8, 4) is 0 Å². The molecule has 0 bridgehead atoms. The van der Waals surface area contributed by atoms with Gasteiger partial charge < -0.3 is 4.43 Å². The molecule has 0 atom stereocenters. The van der Waals surface area contributed by atoms with Crippen molar-refractivity contribution in [1.29, 1.82) is 0 Å². The molecule has 0 saturated heterocycles. The number of hydrogen-bond donors (Lipinski definition) is 0. The van der Waals surface area contributed by atoms with Crippen LogP contribution in [0.2, 0.25) is 19.6 Å². The quantitative estimate of drug-likeness (QED) is 0.525. The molecular formula is C6H15ClOSiZn. The van der Waals surface area contributed by atoms with Gasteiger partial charge in [-0.1, -0.05) is 0 Å². The molecule has 0 radical (unpaired) electrons. The third-order valence-corrected chi connectivity index (χ3v) is 1.53. The molecule has 0 saturated carbocycles. The van der Waals surface area contributed by atoms with E-state index in [4.69, 9.17) is 14.1 Å². The van der Waals surface area contributed by atoms with Gasteiger partial charge in [-0.25, -0.2) is 6.10 Å². The third kappa shape index (κ3) is 16.0. The Labute approximate surface area is 79.3 Å². The number of hydrogen-bond acceptors (Lipinski definition) is 1. The van der Waals surface area contributed by atoms with Crippen molar-refractivity contribution >= 4 is 18.0 Å². The van der Waals surface area contributed by atoms with Crippen LogP contribution in [0.1, 0.15) is 13.8 Å². The Morgan fingerprint density at radius 2 is 1.50 bits per heavy atom. The zero-order valence-electron chi connectivity index (χ0n) is 7.49. The standard InChI is InChI=1S/C6H15OSi.ClH.Zn/c1-6(2)7-8(3,4)5;;/h1-5H3;1H;/q-1;;+2/p-1. The van der Waals surface area contributed by atoms with Crippen LogP contribution in [0.15, 0.2) is 0 Å². The monoisotopic (exact) mass is 230 g/mol. The summed E-state index contributed by atoms with van der Waals surface area (Å²) >= 11 is 0.847. The van der Waals surface area contributed by atoms with E-state index >= 15 is 0 Å². The molecule has 0 spiro atoms. The molecule has 0 N–H and O–H groups in total. The van der Waals surface area contributed by atoms with Gasteiger partial charge in [-0.15, -0.1) is 0 Å². The maximum atomic E-state index is 5.49. The van der Waals surface area contributed by atoms with Crippen molar-refractivity contribution in [3.63, 3.8) is 0 Å². The zero-order valence-corrected chi connectivity index (χ0v) is 12.2. The van der Waals surface area contributed by atoms with E-state index in [1.165, 1.54) is 0 Å². The van der Waals surface area contributed by atoms with E-state index in [0.29, 0.717) is 0 Å². The molecule has 0 unspecified atom stereocenters. The number of rotatable bonds is 2. The Morgan fingerprint density at radius 3 is 1.50 bits per heavy atom. The van der Waals surface area contributed by atoms with Crippen molar-refractivity contribution < 1.29 is 21.7 Å². The van der Waals surface area contributed by atoms with Crippen molar-refractivity contribution in [3.05, 3.63) is 6.10 Å². The minimum atomic E-state index is -1.26. The van der Waals surface area contributed by atoms with Gasteiger partial charge in [0.1, 0.15) is 8.32 Å².